The third-order valence-electron chi connectivity index (χ3n) is 2.69. The lowest BCUT2D eigenvalue weighted by Crippen LogP contribution is -2.32. The lowest BCUT2D eigenvalue weighted by atomic mass is 10.1. The molecule has 100 valence electrons. The fourth-order valence-electron chi connectivity index (χ4n) is 1.90. The van der Waals surface area contributed by atoms with Crippen LogP contribution in [0.25, 0.3) is 0 Å². The van der Waals surface area contributed by atoms with Crippen LogP contribution in [0.15, 0.2) is 18.2 Å². The first-order valence-corrected chi connectivity index (χ1v) is 6.36. The van der Waals surface area contributed by atoms with Gasteiger partial charge >= 0.3 is 0 Å². The van der Waals surface area contributed by atoms with E-state index in [1.807, 2.05) is 4.90 Å². The summed E-state index contributed by atoms with van der Waals surface area (Å²) in [5.41, 5.74) is 6.91. The maximum atomic E-state index is 12.4. The van der Waals surface area contributed by atoms with Gasteiger partial charge in [-0.25, -0.2) is 0 Å². The molecule has 0 saturated carbocycles. The summed E-state index contributed by atoms with van der Waals surface area (Å²) in [4.78, 5) is 14.2. The van der Waals surface area contributed by atoms with Crippen LogP contribution in [0.5, 0.6) is 5.75 Å². The van der Waals surface area contributed by atoms with E-state index in [4.69, 9.17) is 10.5 Å². The number of methoxy groups -OCH3 is 1. The fraction of sp³-hybridized carbons (Fsp3) is 0.500. The second-order valence-electron chi connectivity index (χ2n) is 4.29. The van der Waals surface area contributed by atoms with Crippen LogP contribution >= 0.6 is 0 Å². The Kier molecular flexibility index (Phi) is 5.49. The predicted molar refractivity (Wildman–Crippen MR) is 73.9 cm³/mol. The van der Waals surface area contributed by atoms with Crippen LogP contribution < -0.4 is 10.5 Å². The molecule has 1 rings (SSSR count). The number of benzene rings is 1. The molecule has 4 nitrogen and oxygen atoms in total. The van der Waals surface area contributed by atoms with Crippen molar-refractivity contribution < 1.29 is 9.53 Å². The number of nitrogens with zero attached hydrogens (tertiary/aromatic N) is 1. The number of hydrogen-bond acceptors (Lipinski definition) is 3. The number of nitrogens with two attached hydrogens (primary N) is 1. The zero-order chi connectivity index (χ0) is 13.5. The molecule has 18 heavy (non-hydrogen) atoms. The number of carbonyl (C=O) groups excluding carboxylic acids is 1. The van der Waals surface area contributed by atoms with Crippen LogP contribution in [-0.2, 0) is 0 Å². The Morgan fingerprint density at radius 2 is 1.83 bits per heavy atom. The largest absolute Gasteiger partial charge is 0.497 e. The number of carbonyl (C=O) groups is 1. The molecule has 0 radical (unpaired) electrons. The summed E-state index contributed by atoms with van der Waals surface area (Å²) >= 11 is 0. The van der Waals surface area contributed by atoms with E-state index in [0.717, 1.165) is 25.9 Å². The summed E-state index contributed by atoms with van der Waals surface area (Å²) in [6.07, 6.45) is 1.90. The van der Waals surface area contributed by atoms with Crippen molar-refractivity contribution in [3.63, 3.8) is 0 Å². The van der Waals surface area contributed by atoms with Gasteiger partial charge in [0.2, 0.25) is 0 Å². The van der Waals surface area contributed by atoms with Crippen molar-refractivity contribution in [2.75, 3.05) is 25.9 Å². The van der Waals surface area contributed by atoms with E-state index in [9.17, 15) is 4.79 Å². The van der Waals surface area contributed by atoms with E-state index >= 15 is 0 Å². The Morgan fingerprint density at radius 1 is 1.22 bits per heavy atom. The maximum Gasteiger partial charge on any atom is 0.254 e. The van der Waals surface area contributed by atoms with Crippen molar-refractivity contribution in [3.05, 3.63) is 23.8 Å². The molecule has 2 N–H and O–H groups in total. The van der Waals surface area contributed by atoms with Crippen LogP contribution in [0.3, 0.4) is 0 Å². The zero-order valence-electron chi connectivity index (χ0n) is 11.4. The van der Waals surface area contributed by atoms with E-state index in [1.165, 1.54) is 0 Å². The average molecular weight is 250 g/mol. The Hall–Kier alpha value is -1.71. The summed E-state index contributed by atoms with van der Waals surface area (Å²) in [5.74, 6) is 0.635. The molecule has 0 aliphatic carbocycles. The molecule has 0 aliphatic heterocycles. The molecule has 0 saturated heterocycles. The maximum absolute atomic E-state index is 12.4. The smallest absolute Gasteiger partial charge is 0.254 e. The fourth-order valence-corrected chi connectivity index (χ4v) is 1.90. The average Bonchev–Trinajstić information content (AvgIpc) is 2.36. The molecule has 1 aromatic carbocycles. The van der Waals surface area contributed by atoms with Crippen molar-refractivity contribution in [1.82, 2.24) is 4.90 Å². The second kappa shape index (κ2) is 6.89. The minimum absolute atomic E-state index is 0.0179. The molecule has 1 aromatic rings. The highest BCUT2D eigenvalue weighted by atomic mass is 16.5. The quantitative estimate of drug-likeness (QED) is 0.789. The molecule has 0 heterocycles. The number of amides is 1. The summed E-state index contributed by atoms with van der Waals surface area (Å²) in [7, 11) is 1.57. The van der Waals surface area contributed by atoms with Gasteiger partial charge in [-0.3, -0.25) is 4.79 Å². The minimum Gasteiger partial charge on any atom is -0.497 e. The molecule has 0 aliphatic rings. The second-order valence-corrected chi connectivity index (χ2v) is 4.29. The highest BCUT2D eigenvalue weighted by Gasteiger charge is 2.15. The van der Waals surface area contributed by atoms with Gasteiger partial charge in [0.25, 0.3) is 5.91 Å². The van der Waals surface area contributed by atoms with Crippen molar-refractivity contribution in [3.8, 4) is 5.75 Å². The van der Waals surface area contributed by atoms with Crippen LogP contribution in [0.4, 0.5) is 5.69 Å². The van der Waals surface area contributed by atoms with E-state index in [1.54, 1.807) is 25.3 Å². The van der Waals surface area contributed by atoms with Crippen LogP contribution in [0.2, 0.25) is 0 Å². The normalized spacial score (nSPS) is 10.2. The molecule has 1 amide bonds. The van der Waals surface area contributed by atoms with Crippen molar-refractivity contribution >= 4 is 11.6 Å². The Bertz CT molecular complexity index is 399. The van der Waals surface area contributed by atoms with Gasteiger partial charge in [0.15, 0.2) is 0 Å². The van der Waals surface area contributed by atoms with E-state index < -0.39 is 0 Å². The SMILES string of the molecule is CCCN(CCC)C(=O)c1cc(N)cc(OC)c1. The summed E-state index contributed by atoms with van der Waals surface area (Å²) in [6, 6.07) is 5.14. The first kappa shape index (κ1) is 14.4. The highest BCUT2D eigenvalue weighted by molar-refractivity contribution is 5.95. The first-order valence-electron chi connectivity index (χ1n) is 6.36. The van der Waals surface area contributed by atoms with E-state index in [2.05, 4.69) is 13.8 Å². The number of ether oxygens (including phenoxy) is 1. The summed E-state index contributed by atoms with van der Waals surface area (Å²) < 4.78 is 5.13. The predicted octanol–water partition coefficient (Wildman–Crippen LogP) is 2.54. The van der Waals surface area contributed by atoms with Gasteiger partial charge in [0.1, 0.15) is 5.75 Å². The summed E-state index contributed by atoms with van der Waals surface area (Å²) in [6.45, 7) is 5.67. The molecular formula is C14H22N2O2. The van der Waals surface area contributed by atoms with Gasteiger partial charge < -0.3 is 15.4 Å². The van der Waals surface area contributed by atoms with Gasteiger partial charge in [-0.1, -0.05) is 13.8 Å². The zero-order valence-corrected chi connectivity index (χ0v) is 11.4. The minimum atomic E-state index is 0.0179. The van der Waals surface area contributed by atoms with Gasteiger partial charge in [-0.2, -0.15) is 0 Å². The van der Waals surface area contributed by atoms with Crippen LogP contribution in [0, 0.1) is 0 Å². The monoisotopic (exact) mass is 250 g/mol. The van der Waals surface area contributed by atoms with Gasteiger partial charge in [-0.15, -0.1) is 0 Å². The topological polar surface area (TPSA) is 55.6 Å². The highest BCUT2D eigenvalue weighted by Crippen LogP contribution is 2.20. The molecule has 0 fully saturated rings. The Morgan fingerprint density at radius 3 is 2.33 bits per heavy atom. The van der Waals surface area contributed by atoms with Crippen LogP contribution in [0.1, 0.15) is 37.0 Å². The van der Waals surface area contributed by atoms with E-state index in [0.29, 0.717) is 17.0 Å². The molecular weight excluding hydrogens is 228 g/mol. The molecule has 0 unspecified atom stereocenters. The van der Waals surface area contributed by atoms with Gasteiger partial charge in [0.05, 0.1) is 7.11 Å². The van der Waals surface area contributed by atoms with Gasteiger partial charge in [-0.05, 0) is 25.0 Å². The van der Waals surface area contributed by atoms with Crippen molar-refractivity contribution in [1.29, 1.82) is 0 Å². The van der Waals surface area contributed by atoms with Gasteiger partial charge in [0, 0.05) is 30.4 Å². The Labute approximate surface area is 109 Å². The number of hydrogen-bond donors (Lipinski definition) is 1. The molecule has 0 spiro atoms. The molecule has 4 heteroatoms. The number of nitrogen functional groups attached to an aromatic ring is 1. The number of anilines is 1. The van der Waals surface area contributed by atoms with Crippen molar-refractivity contribution in [2.45, 2.75) is 26.7 Å². The third-order valence-corrected chi connectivity index (χ3v) is 2.69. The van der Waals surface area contributed by atoms with Crippen LogP contribution in [-0.4, -0.2) is 31.0 Å². The van der Waals surface area contributed by atoms with Crippen molar-refractivity contribution in [2.24, 2.45) is 0 Å². The first-order chi connectivity index (χ1) is 8.62. The molecule has 0 atom stereocenters. The molecule has 0 aromatic heterocycles. The van der Waals surface area contributed by atoms with E-state index in [-0.39, 0.29) is 5.91 Å². The lowest BCUT2D eigenvalue weighted by molar-refractivity contribution is 0.0755. The Balaban J connectivity index is 2.96. The summed E-state index contributed by atoms with van der Waals surface area (Å²) in [5, 5.41) is 0. The third kappa shape index (κ3) is 3.65. The number of rotatable bonds is 6. The standard InChI is InChI=1S/C14H22N2O2/c1-4-6-16(7-5-2)14(17)11-8-12(15)10-13(9-11)18-3/h8-10H,4-7,15H2,1-3H3. The lowest BCUT2D eigenvalue weighted by Gasteiger charge is -2.21. The molecule has 0 bridgehead atoms.